The van der Waals surface area contributed by atoms with Crippen molar-refractivity contribution in [2.45, 2.75) is 32.2 Å². The first-order valence-corrected chi connectivity index (χ1v) is 11.2. The Morgan fingerprint density at radius 1 is 1.00 bits per heavy atom. The summed E-state index contributed by atoms with van der Waals surface area (Å²) >= 11 is 0. The fourth-order valence-electron chi connectivity index (χ4n) is 5.35. The number of carbonyl (C=O) groups excluding carboxylic acids is 1. The summed E-state index contributed by atoms with van der Waals surface area (Å²) in [5, 5.41) is 0. The van der Waals surface area contributed by atoms with E-state index in [9.17, 15) is 4.79 Å². The fourth-order valence-corrected chi connectivity index (χ4v) is 5.35. The van der Waals surface area contributed by atoms with Crippen LogP contribution in [0, 0.1) is 12.8 Å². The average Bonchev–Trinajstić information content (AvgIpc) is 3.33. The molecule has 0 saturated carbocycles. The van der Waals surface area contributed by atoms with Crippen LogP contribution in [0.3, 0.4) is 0 Å². The van der Waals surface area contributed by atoms with Gasteiger partial charge in [0.15, 0.2) is 0 Å². The molecule has 5 heteroatoms. The van der Waals surface area contributed by atoms with Gasteiger partial charge in [-0.3, -0.25) is 4.79 Å². The number of carbonyl (C=O) groups is 1. The van der Waals surface area contributed by atoms with Crippen molar-refractivity contribution in [1.82, 2.24) is 4.90 Å². The highest BCUT2D eigenvalue weighted by atomic mass is 16.5. The van der Waals surface area contributed by atoms with E-state index in [1.165, 1.54) is 22.5 Å². The Morgan fingerprint density at radius 2 is 1.77 bits per heavy atom. The Kier molecular flexibility index (Phi) is 5.05. The molecule has 0 aromatic heterocycles. The summed E-state index contributed by atoms with van der Waals surface area (Å²) < 4.78 is 5.50. The molecule has 0 bridgehead atoms. The van der Waals surface area contributed by atoms with Crippen molar-refractivity contribution in [3.8, 4) is 5.75 Å². The molecule has 0 unspecified atom stereocenters. The van der Waals surface area contributed by atoms with Crippen LogP contribution < -0.4 is 14.5 Å². The lowest BCUT2D eigenvalue weighted by Gasteiger charge is -2.50. The van der Waals surface area contributed by atoms with Gasteiger partial charge in [-0.2, -0.15) is 0 Å². The molecule has 3 aliphatic rings. The zero-order valence-corrected chi connectivity index (χ0v) is 18.0. The van der Waals surface area contributed by atoms with Crippen LogP contribution >= 0.6 is 0 Å². The molecule has 0 aliphatic carbocycles. The molecule has 0 spiro atoms. The summed E-state index contributed by atoms with van der Waals surface area (Å²) in [6, 6.07) is 15.3. The molecule has 30 heavy (non-hydrogen) atoms. The summed E-state index contributed by atoms with van der Waals surface area (Å²) in [7, 11) is 1.72. The van der Waals surface area contributed by atoms with Crippen LogP contribution in [-0.2, 0) is 11.2 Å². The summed E-state index contributed by atoms with van der Waals surface area (Å²) in [5.74, 6) is 1.24. The first-order chi connectivity index (χ1) is 14.6. The predicted molar refractivity (Wildman–Crippen MR) is 121 cm³/mol. The average molecular weight is 406 g/mol. The lowest BCUT2D eigenvalue weighted by Crippen LogP contribution is -2.61. The van der Waals surface area contributed by atoms with Gasteiger partial charge in [0.05, 0.1) is 19.1 Å². The number of piperazine rings is 1. The number of hydrogen-bond donors (Lipinski definition) is 0. The van der Waals surface area contributed by atoms with Crippen molar-refractivity contribution in [3.63, 3.8) is 0 Å². The lowest BCUT2D eigenvalue weighted by atomic mass is 9.83. The van der Waals surface area contributed by atoms with E-state index in [0.29, 0.717) is 5.91 Å². The van der Waals surface area contributed by atoms with Crippen molar-refractivity contribution in [1.29, 1.82) is 0 Å². The summed E-state index contributed by atoms with van der Waals surface area (Å²) in [4.78, 5) is 20.6. The molecule has 1 amide bonds. The second-order valence-corrected chi connectivity index (χ2v) is 8.88. The summed E-state index contributed by atoms with van der Waals surface area (Å²) in [6.45, 7) is 6.71. The number of fused-ring (bicyclic) bond motifs is 3. The molecule has 2 aromatic carbocycles. The van der Waals surface area contributed by atoms with E-state index >= 15 is 0 Å². The molecular weight excluding hydrogens is 374 g/mol. The largest absolute Gasteiger partial charge is 0.497 e. The Morgan fingerprint density at radius 3 is 2.50 bits per heavy atom. The topological polar surface area (TPSA) is 36.0 Å². The number of nitrogens with zero attached hydrogens (tertiary/aromatic N) is 3. The van der Waals surface area contributed by atoms with E-state index in [1.807, 2.05) is 6.07 Å². The van der Waals surface area contributed by atoms with E-state index in [-0.39, 0.29) is 12.0 Å². The van der Waals surface area contributed by atoms with Gasteiger partial charge in [-0.25, -0.2) is 0 Å². The van der Waals surface area contributed by atoms with Crippen LogP contribution in [-0.4, -0.2) is 56.7 Å². The number of rotatable bonds is 3. The zero-order valence-electron chi connectivity index (χ0n) is 18.0. The van der Waals surface area contributed by atoms with Crippen molar-refractivity contribution in [2.75, 3.05) is 49.6 Å². The number of amides is 1. The van der Waals surface area contributed by atoms with E-state index in [1.54, 1.807) is 7.11 Å². The minimum atomic E-state index is 0.0113. The van der Waals surface area contributed by atoms with Crippen LogP contribution in [0.15, 0.2) is 42.5 Å². The van der Waals surface area contributed by atoms with Gasteiger partial charge in [0.2, 0.25) is 5.91 Å². The van der Waals surface area contributed by atoms with Crippen LogP contribution in [0.5, 0.6) is 5.75 Å². The maximum Gasteiger partial charge on any atom is 0.228 e. The minimum Gasteiger partial charge on any atom is -0.497 e. The van der Waals surface area contributed by atoms with Crippen LogP contribution in [0.25, 0.3) is 0 Å². The van der Waals surface area contributed by atoms with Crippen molar-refractivity contribution >= 4 is 17.3 Å². The Hall–Kier alpha value is -2.69. The minimum absolute atomic E-state index is 0.0113. The Balaban J connectivity index is 1.48. The fraction of sp³-hybridized carbons (Fsp3) is 0.480. The zero-order chi connectivity index (χ0) is 20.7. The van der Waals surface area contributed by atoms with Gasteiger partial charge in [0, 0.05) is 50.2 Å². The van der Waals surface area contributed by atoms with Gasteiger partial charge in [0.1, 0.15) is 5.75 Å². The molecule has 3 aliphatic heterocycles. The first-order valence-electron chi connectivity index (χ1n) is 11.2. The molecule has 5 rings (SSSR count). The molecule has 2 saturated heterocycles. The quantitative estimate of drug-likeness (QED) is 0.783. The maximum absolute atomic E-state index is 13.5. The SMILES string of the molecule is COc1ccc2c(c1)N1CCN(c3ccc(C)cc3)C[C@@H]1[C@@H](C(=O)N1CCCC1)C2. The molecule has 5 nitrogen and oxygen atoms in total. The third-order valence-electron chi connectivity index (χ3n) is 7.06. The normalized spacial score (nSPS) is 23.2. The molecule has 3 heterocycles. The van der Waals surface area contributed by atoms with Crippen molar-refractivity contribution in [3.05, 3.63) is 53.6 Å². The molecule has 0 radical (unpaired) electrons. The molecule has 158 valence electrons. The standard InChI is InChI=1S/C25H31N3O2/c1-18-5-8-20(9-6-18)27-13-14-28-23-16-21(30-2)10-7-19(23)15-22(24(28)17-27)25(29)26-11-3-4-12-26/h5-10,16,22,24H,3-4,11-15,17H2,1-2H3/t22-,24+/m0/s1. The second-order valence-electron chi connectivity index (χ2n) is 8.88. The first kappa shape index (κ1) is 19.3. The maximum atomic E-state index is 13.5. The third-order valence-corrected chi connectivity index (χ3v) is 7.06. The number of anilines is 2. The van der Waals surface area contributed by atoms with Gasteiger partial charge in [-0.15, -0.1) is 0 Å². The number of likely N-dealkylation sites (tertiary alicyclic amines) is 1. The van der Waals surface area contributed by atoms with E-state index < -0.39 is 0 Å². The number of ether oxygens (including phenoxy) is 1. The van der Waals surface area contributed by atoms with Crippen molar-refractivity contribution < 1.29 is 9.53 Å². The molecule has 2 fully saturated rings. The van der Waals surface area contributed by atoms with Gasteiger partial charge >= 0.3 is 0 Å². The van der Waals surface area contributed by atoms with Crippen LogP contribution in [0.1, 0.15) is 24.0 Å². The molecule has 0 N–H and O–H groups in total. The van der Waals surface area contributed by atoms with Gasteiger partial charge in [-0.1, -0.05) is 23.8 Å². The smallest absolute Gasteiger partial charge is 0.228 e. The highest BCUT2D eigenvalue weighted by Gasteiger charge is 2.43. The van der Waals surface area contributed by atoms with Crippen LogP contribution in [0.2, 0.25) is 0 Å². The molecular formula is C25H31N3O2. The Bertz CT molecular complexity index is 920. The van der Waals surface area contributed by atoms with Gasteiger partial charge < -0.3 is 19.4 Å². The number of benzene rings is 2. The van der Waals surface area contributed by atoms with E-state index in [0.717, 1.165) is 57.7 Å². The number of hydrogen-bond acceptors (Lipinski definition) is 4. The second kappa shape index (κ2) is 7.86. The lowest BCUT2D eigenvalue weighted by molar-refractivity contribution is -0.135. The van der Waals surface area contributed by atoms with E-state index in [4.69, 9.17) is 4.74 Å². The molecule has 2 aromatic rings. The highest BCUT2D eigenvalue weighted by Crippen LogP contribution is 2.39. The van der Waals surface area contributed by atoms with Crippen molar-refractivity contribution in [2.24, 2.45) is 5.92 Å². The molecule has 2 atom stereocenters. The number of aryl methyl sites for hydroxylation is 1. The summed E-state index contributed by atoms with van der Waals surface area (Å²) in [5.41, 5.74) is 5.05. The number of methoxy groups -OCH3 is 1. The highest BCUT2D eigenvalue weighted by molar-refractivity contribution is 5.83. The van der Waals surface area contributed by atoms with Gasteiger partial charge in [0.25, 0.3) is 0 Å². The van der Waals surface area contributed by atoms with Gasteiger partial charge in [-0.05, 0) is 49.9 Å². The predicted octanol–water partition coefficient (Wildman–Crippen LogP) is 3.49. The third kappa shape index (κ3) is 3.40. The van der Waals surface area contributed by atoms with Crippen LogP contribution in [0.4, 0.5) is 11.4 Å². The Labute approximate surface area is 179 Å². The monoisotopic (exact) mass is 405 g/mol. The van der Waals surface area contributed by atoms with E-state index in [2.05, 4.69) is 58.0 Å². The summed E-state index contributed by atoms with van der Waals surface area (Å²) in [6.07, 6.45) is 3.09.